The van der Waals surface area contributed by atoms with Gasteiger partial charge < -0.3 is 10.1 Å². The molecule has 0 radical (unpaired) electrons. The molecule has 100 valence electrons. The Kier molecular flexibility index (Phi) is 5.30. The molecule has 0 unspecified atom stereocenters. The van der Waals surface area contributed by atoms with E-state index in [0.717, 1.165) is 21.2 Å². The zero-order valence-corrected chi connectivity index (χ0v) is 13.5. The van der Waals surface area contributed by atoms with E-state index in [9.17, 15) is 0 Å². The standard InChI is InChI=1S/C13H13Br2N3O/c1-16-7-9-5-10(14)13(11(15)6-9)19-8-12-17-3-2-4-18-12/h2-6,16H,7-8H2,1H3. The van der Waals surface area contributed by atoms with Crippen LogP contribution in [-0.4, -0.2) is 17.0 Å². The number of ether oxygens (including phenoxy) is 1. The van der Waals surface area contributed by atoms with Crippen molar-refractivity contribution >= 4 is 31.9 Å². The summed E-state index contributed by atoms with van der Waals surface area (Å²) >= 11 is 7.04. The van der Waals surface area contributed by atoms with Crippen molar-refractivity contribution in [1.29, 1.82) is 0 Å². The highest BCUT2D eigenvalue weighted by Gasteiger charge is 2.09. The first-order valence-electron chi connectivity index (χ1n) is 5.72. The van der Waals surface area contributed by atoms with Crippen LogP contribution in [-0.2, 0) is 13.2 Å². The maximum absolute atomic E-state index is 5.75. The molecule has 0 amide bonds. The van der Waals surface area contributed by atoms with E-state index in [4.69, 9.17) is 4.74 Å². The first kappa shape index (κ1) is 14.4. The van der Waals surface area contributed by atoms with Gasteiger partial charge in [-0.1, -0.05) is 0 Å². The molecular weight excluding hydrogens is 374 g/mol. The number of rotatable bonds is 5. The lowest BCUT2D eigenvalue weighted by atomic mass is 10.2. The molecular formula is C13H13Br2N3O. The SMILES string of the molecule is CNCc1cc(Br)c(OCc2ncccn2)c(Br)c1. The third kappa shape index (κ3) is 3.99. The second kappa shape index (κ2) is 6.98. The molecule has 2 rings (SSSR count). The molecule has 0 saturated carbocycles. The maximum Gasteiger partial charge on any atom is 0.166 e. The molecule has 6 heteroatoms. The second-order valence-electron chi connectivity index (χ2n) is 3.87. The number of hydrogen-bond acceptors (Lipinski definition) is 4. The normalized spacial score (nSPS) is 10.5. The van der Waals surface area contributed by atoms with Crippen molar-refractivity contribution in [1.82, 2.24) is 15.3 Å². The summed E-state index contributed by atoms with van der Waals surface area (Å²) in [6, 6.07) is 5.84. The molecule has 1 N–H and O–H groups in total. The van der Waals surface area contributed by atoms with Gasteiger partial charge >= 0.3 is 0 Å². The molecule has 4 nitrogen and oxygen atoms in total. The van der Waals surface area contributed by atoms with Crippen molar-refractivity contribution in [2.75, 3.05) is 7.05 Å². The van der Waals surface area contributed by atoms with Gasteiger partial charge in [-0.2, -0.15) is 0 Å². The first-order chi connectivity index (χ1) is 9.20. The quantitative estimate of drug-likeness (QED) is 0.856. The Hall–Kier alpha value is -0.980. The van der Waals surface area contributed by atoms with E-state index in [2.05, 4.69) is 47.1 Å². The van der Waals surface area contributed by atoms with Crippen LogP contribution in [0.3, 0.4) is 0 Å². The summed E-state index contributed by atoms with van der Waals surface area (Å²) in [5.74, 6) is 1.41. The van der Waals surface area contributed by atoms with Crippen LogP contribution in [0.15, 0.2) is 39.5 Å². The fourth-order valence-corrected chi connectivity index (χ4v) is 3.11. The van der Waals surface area contributed by atoms with E-state index in [1.807, 2.05) is 19.2 Å². The number of benzene rings is 1. The Morgan fingerprint density at radius 2 is 1.79 bits per heavy atom. The fraction of sp³-hybridized carbons (Fsp3) is 0.231. The number of hydrogen-bond donors (Lipinski definition) is 1. The average molecular weight is 387 g/mol. The molecule has 1 aromatic carbocycles. The Labute approximate surface area is 128 Å². The van der Waals surface area contributed by atoms with Gasteiger partial charge in [0.2, 0.25) is 0 Å². The molecule has 0 aliphatic carbocycles. The average Bonchev–Trinajstić information content (AvgIpc) is 2.39. The molecule has 0 bridgehead atoms. The predicted octanol–water partition coefficient (Wildman–Crippen LogP) is 3.30. The van der Waals surface area contributed by atoms with Crippen molar-refractivity contribution in [2.45, 2.75) is 13.2 Å². The predicted molar refractivity (Wildman–Crippen MR) is 81.0 cm³/mol. The minimum absolute atomic E-state index is 0.337. The summed E-state index contributed by atoms with van der Waals surface area (Å²) in [7, 11) is 1.92. The molecule has 0 atom stereocenters. The summed E-state index contributed by atoms with van der Waals surface area (Å²) in [5.41, 5.74) is 1.17. The maximum atomic E-state index is 5.75. The van der Waals surface area contributed by atoms with E-state index in [1.54, 1.807) is 18.5 Å². The zero-order valence-electron chi connectivity index (χ0n) is 10.4. The van der Waals surface area contributed by atoms with Crippen molar-refractivity contribution < 1.29 is 4.74 Å². The number of nitrogens with zero attached hydrogens (tertiary/aromatic N) is 2. The van der Waals surface area contributed by atoms with Gasteiger partial charge in [-0.3, -0.25) is 0 Å². The van der Waals surface area contributed by atoms with Gasteiger partial charge in [0.1, 0.15) is 12.4 Å². The minimum atomic E-state index is 0.337. The van der Waals surface area contributed by atoms with Crippen LogP contribution in [0.25, 0.3) is 0 Å². The van der Waals surface area contributed by atoms with Crippen molar-refractivity contribution in [3.63, 3.8) is 0 Å². The third-order valence-corrected chi connectivity index (χ3v) is 3.58. The van der Waals surface area contributed by atoms with Gasteiger partial charge in [-0.25, -0.2) is 9.97 Å². The van der Waals surface area contributed by atoms with E-state index in [0.29, 0.717) is 12.4 Å². The molecule has 0 fully saturated rings. The van der Waals surface area contributed by atoms with Crippen molar-refractivity contribution in [2.24, 2.45) is 0 Å². The highest BCUT2D eigenvalue weighted by atomic mass is 79.9. The van der Waals surface area contributed by atoms with Gasteiger partial charge in [0.25, 0.3) is 0 Å². The Morgan fingerprint density at radius 3 is 2.37 bits per heavy atom. The molecule has 1 aromatic heterocycles. The third-order valence-electron chi connectivity index (χ3n) is 2.40. The highest BCUT2D eigenvalue weighted by Crippen LogP contribution is 2.35. The molecule has 2 aromatic rings. The summed E-state index contributed by atoms with van der Waals surface area (Å²) in [6.07, 6.45) is 3.40. The summed E-state index contributed by atoms with van der Waals surface area (Å²) in [5, 5.41) is 3.11. The van der Waals surface area contributed by atoms with Crippen LogP contribution in [0.4, 0.5) is 0 Å². The number of nitrogens with one attached hydrogen (secondary N) is 1. The van der Waals surface area contributed by atoms with Gasteiger partial charge in [-0.05, 0) is 62.7 Å². The van der Waals surface area contributed by atoms with Crippen LogP contribution < -0.4 is 10.1 Å². The van der Waals surface area contributed by atoms with Crippen LogP contribution >= 0.6 is 31.9 Å². The lowest BCUT2D eigenvalue weighted by Gasteiger charge is -2.11. The van der Waals surface area contributed by atoms with Crippen molar-refractivity contribution in [3.05, 3.63) is 50.9 Å². The summed E-state index contributed by atoms with van der Waals surface area (Å²) in [6.45, 7) is 1.14. The molecule has 0 saturated heterocycles. The Balaban J connectivity index is 2.12. The number of aromatic nitrogens is 2. The zero-order chi connectivity index (χ0) is 13.7. The molecule has 0 spiro atoms. The summed E-state index contributed by atoms with van der Waals surface area (Å²) < 4.78 is 7.56. The van der Waals surface area contributed by atoms with Crippen LogP contribution in [0, 0.1) is 0 Å². The second-order valence-corrected chi connectivity index (χ2v) is 5.58. The van der Waals surface area contributed by atoms with Crippen molar-refractivity contribution in [3.8, 4) is 5.75 Å². The van der Waals surface area contributed by atoms with Gasteiger partial charge in [-0.15, -0.1) is 0 Å². The Morgan fingerprint density at radius 1 is 1.16 bits per heavy atom. The largest absolute Gasteiger partial charge is 0.483 e. The van der Waals surface area contributed by atoms with Crippen LogP contribution in [0.1, 0.15) is 11.4 Å². The van der Waals surface area contributed by atoms with Gasteiger partial charge in [0.15, 0.2) is 5.82 Å². The van der Waals surface area contributed by atoms with Gasteiger partial charge in [0, 0.05) is 18.9 Å². The smallest absolute Gasteiger partial charge is 0.166 e. The molecule has 1 heterocycles. The van der Waals surface area contributed by atoms with Crippen LogP contribution in [0.2, 0.25) is 0 Å². The molecule has 0 aliphatic heterocycles. The number of halogens is 2. The fourth-order valence-electron chi connectivity index (χ4n) is 1.60. The van der Waals surface area contributed by atoms with E-state index >= 15 is 0 Å². The van der Waals surface area contributed by atoms with Gasteiger partial charge in [0.05, 0.1) is 8.95 Å². The highest BCUT2D eigenvalue weighted by molar-refractivity contribution is 9.11. The lowest BCUT2D eigenvalue weighted by molar-refractivity contribution is 0.292. The monoisotopic (exact) mass is 385 g/mol. The molecule has 0 aliphatic rings. The first-order valence-corrected chi connectivity index (χ1v) is 7.30. The van der Waals surface area contributed by atoms with E-state index in [1.165, 1.54) is 5.56 Å². The van der Waals surface area contributed by atoms with Crippen LogP contribution in [0.5, 0.6) is 5.75 Å². The van der Waals surface area contributed by atoms with E-state index in [-0.39, 0.29) is 0 Å². The Bertz CT molecular complexity index is 526. The lowest BCUT2D eigenvalue weighted by Crippen LogP contribution is -2.06. The summed E-state index contributed by atoms with van der Waals surface area (Å²) in [4.78, 5) is 8.25. The topological polar surface area (TPSA) is 47.0 Å². The minimum Gasteiger partial charge on any atom is -0.483 e. The van der Waals surface area contributed by atoms with E-state index < -0.39 is 0 Å². The molecule has 19 heavy (non-hydrogen) atoms.